The number of aromatic hydroxyl groups is 1. The number of rotatable bonds is 4. The van der Waals surface area contributed by atoms with E-state index in [1.54, 1.807) is 13.2 Å². The molecular weight excluding hydrogens is 292 g/mol. The lowest BCUT2D eigenvalue weighted by Gasteiger charge is -2.14. The topological polar surface area (TPSA) is 64.3 Å². The van der Waals surface area contributed by atoms with E-state index in [0.717, 1.165) is 11.6 Å². The minimum absolute atomic E-state index is 0.305. The molecular formula is C18H16N2O3. The summed E-state index contributed by atoms with van der Waals surface area (Å²) in [6, 6.07) is 18.0. The summed E-state index contributed by atoms with van der Waals surface area (Å²) in [6.07, 6.45) is 0. The van der Waals surface area contributed by atoms with E-state index in [2.05, 4.69) is 4.98 Å². The van der Waals surface area contributed by atoms with E-state index >= 15 is 0 Å². The summed E-state index contributed by atoms with van der Waals surface area (Å²) in [5.74, 6) is 0.656. The number of nitrogens with zero attached hydrogens (tertiary/aromatic N) is 2. The van der Waals surface area contributed by atoms with Gasteiger partial charge in [-0.15, -0.1) is 0 Å². The summed E-state index contributed by atoms with van der Waals surface area (Å²) in [6.45, 7) is 0.361. The van der Waals surface area contributed by atoms with Gasteiger partial charge in [-0.25, -0.2) is 0 Å². The molecule has 0 fully saturated rings. The van der Waals surface area contributed by atoms with Crippen LogP contribution in [-0.2, 0) is 6.54 Å². The van der Waals surface area contributed by atoms with Crippen LogP contribution in [0.4, 0.5) is 0 Å². The van der Waals surface area contributed by atoms with Crippen molar-refractivity contribution in [1.29, 1.82) is 0 Å². The van der Waals surface area contributed by atoms with Gasteiger partial charge in [-0.3, -0.25) is 9.36 Å². The Bertz CT molecular complexity index is 873. The first-order chi connectivity index (χ1) is 11.2. The molecule has 0 saturated heterocycles. The molecule has 3 rings (SSSR count). The quantitative estimate of drug-likeness (QED) is 0.805. The predicted octanol–water partition coefficient (Wildman–Crippen LogP) is 2.67. The number of benzene rings is 2. The van der Waals surface area contributed by atoms with Crippen molar-refractivity contribution in [2.45, 2.75) is 6.54 Å². The van der Waals surface area contributed by atoms with Crippen LogP contribution in [0.15, 0.2) is 65.5 Å². The van der Waals surface area contributed by atoms with Gasteiger partial charge in [0.2, 0.25) is 5.88 Å². The first-order valence-electron chi connectivity index (χ1n) is 7.17. The molecule has 0 amide bonds. The maximum atomic E-state index is 12.4. The van der Waals surface area contributed by atoms with Crippen molar-refractivity contribution in [1.82, 2.24) is 9.55 Å². The van der Waals surface area contributed by atoms with Crippen molar-refractivity contribution in [2.24, 2.45) is 0 Å². The highest BCUT2D eigenvalue weighted by Gasteiger charge is 2.14. The summed E-state index contributed by atoms with van der Waals surface area (Å²) in [4.78, 5) is 16.5. The largest absolute Gasteiger partial charge is 0.496 e. The van der Waals surface area contributed by atoms with Crippen molar-refractivity contribution in [2.75, 3.05) is 7.11 Å². The van der Waals surface area contributed by atoms with E-state index in [1.807, 2.05) is 48.5 Å². The number of aromatic nitrogens is 2. The molecule has 23 heavy (non-hydrogen) atoms. The first kappa shape index (κ1) is 14.8. The Morgan fingerprint density at radius 2 is 1.78 bits per heavy atom. The molecule has 0 aliphatic rings. The van der Waals surface area contributed by atoms with E-state index in [9.17, 15) is 9.90 Å². The molecule has 1 heterocycles. The lowest BCUT2D eigenvalue weighted by molar-refractivity contribution is 0.415. The van der Waals surface area contributed by atoms with E-state index in [1.165, 1.54) is 4.57 Å². The molecule has 3 aromatic rings. The standard InChI is InChI=1S/C18H16N2O3/c1-23-15-10-6-5-9-14(15)18-19-16(21)11-17(22)20(18)12-13-7-3-2-4-8-13/h2-11,21H,12H2,1H3. The molecule has 5 heteroatoms. The summed E-state index contributed by atoms with van der Waals surface area (Å²) in [5.41, 5.74) is 1.31. The molecule has 0 unspecified atom stereocenters. The Kier molecular flexibility index (Phi) is 4.10. The van der Waals surface area contributed by atoms with E-state index in [-0.39, 0.29) is 11.4 Å². The number of hydrogen-bond donors (Lipinski definition) is 1. The van der Waals surface area contributed by atoms with E-state index in [0.29, 0.717) is 23.7 Å². The Balaban J connectivity index is 2.18. The van der Waals surface area contributed by atoms with Gasteiger partial charge >= 0.3 is 0 Å². The highest BCUT2D eigenvalue weighted by atomic mass is 16.5. The van der Waals surface area contributed by atoms with Crippen LogP contribution < -0.4 is 10.3 Å². The highest BCUT2D eigenvalue weighted by molar-refractivity contribution is 5.64. The molecule has 0 spiro atoms. The van der Waals surface area contributed by atoms with Gasteiger partial charge in [0.15, 0.2) is 5.82 Å². The fourth-order valence-corrected chi connectivity index (χ4v) is 2.45. The number of methoxy groups -OCH3 is 1. The van der Waals surface area contributed by atoms with Crippen LogP contribution in [0.1, 0.15) is 5.56 Å². The lowest BCUT2D eigenvalue weighted by atomic mass is 10.1. The van der Waals surface area contributed by atoms with Gasteiger partial charge < -0.3 is 9.84 Å². The summed E-state index contributed by atoms with van der Waals surface area (Å²) < 4.78 is 6.87. The molecule has 0 radical (unpaired) electrons. The fraction of sp³-hybridized carbons (Fsp3) is 0.111. The van der Waals surface area contributed by atoms with Crippen molar-refractivity contribution in [3.8, 4) is 23.0 Å². The molecule has 0 aliphatic carbocycles. The maximum absolute atomic E-state index is 12.4. The van der Waals surface area contributed by atoms with Gasteiger partial charge in [-0.1, -0.05) is 42.5 Å². The Morgan fingerprint density at radius 3 is 2.52 bits per heavy atom. The van der Waals surface area contributed by atoms with Crippen molar-refractivity contribution < 1.29 is 9.84 Å². The van der Waals surface area contributed by atoms with Crippen LogP contribution in [0.2, 0.25) is 0 Å². The first-order valence-corrected chi connectivity index (χ1v) is 7.17. The van der Waals surface area contributed by atoms with Gasteiger partial charge in [-0.05, 0) is 17.7 Å². The second-order valence-corrected chi connectivity index (χ2v) is 5.05. The monoisotopic (exact) mass is 308 g/mol. The van der Waals surface area contributed by atoms with Crippen LogP contribution in [-0.4, -0.2) is 21.8 Å². The minimum Gasteiger partial charge on any atom is -0.496 e. The number of ether oxygens (including phenoxy) is 1. The normalized spacial score (nSPS) is 10.5. The summed E-state index contributed by atoms with van der Waals surface area (Å²) in [5, 5.41) is 9.74. The summed E-state index contributed by atoms with van der Waals surface area (Å²) in [7, 11) is 1.56. The van der Waals surface area contributed by atoms with Gasteiger partial charge in [-0.2, -0.15) is 4.98 Å². The second kappa shape index (κ2) is 6.36. The molecule has 0 saturated carbocycles. The zero-order valence-corrected chi connectivity index (χ0v) is 12.6. The van der Waals surface area contributed by atoms with Gasteiger partial charge in [0.25, 0.3) is 5.56 Å². The van der Waals surface area contributed by atoms with Crippen molar-refractivity contribution in [3.05, 3.63) is 76.6 Å². The van der Waals surface area contributed by atoms with E-state index in [4.69, 9.17) is 4.74 Å². The Morgan fingerprint density at radius 1 is 1.09 bits per heavy atom. The van der Waals surface area contributed by atoms with Crippen LogP contribution in [0.25, 0.3) is 11.4 Å². The molecule has 1 aromatic heterocycles. The van der Waals surface area contributed by atoms with E-state index < -0.39 is 0 Å². The second-order valence-electron chi connectivity index (χ2n) is 5.05. The van der Waals surface area contributed by atoms with Crippen molar-refractivity contribution in [3.63, 3.8) is 0 Å². The molecule has 1 N–H and O–H groups in total. The van der Waals surface area contributed by atoms with Gasteiger partial charge in [0.1, 0.15) is 5.75 Å². The molecule has 0 bridgehead atoms. The van der Waals surface area contributed by atoms with Crippen LogP contribution in [0.3, 0.4) is 0 Å². The number of para-hydroxylation sites is 1. The smallest absolute Gasteiger partial charge is 0.257 e. The average Bonchev–Trinajstić information content (AvgIpc) is 2.58. The van der Waals surface area contributed by atoms with Crippen LogP contribution in [0, 0.1) is 0 Å². The molecule has 5 nitrogen and oxygen atoms in total. The average molecular weight is 308 g/mol. The predicted molar refractivity (Wildman–Crippen MR) is 87.7 cm³/mol. The highest BCUT2D eigenvalue weighted by Crippen LogP contribution is 2.28. The molecule has 0 atom stereocenters. The lowest BCUT2D eigenvalue weighted by Crippen LogP contribution is -2.23. The molecule has 2 aromatic carbocycles. The zero-order chi connectivity index (χ0) is 16.2. The third-order valence-corrected chi connectivity index (χ3v) is 3.53. The summed E-state index contributed by atoms with van der Waals surface area (Å²) >= 11 is 0. The van der Waals surface area contributed by atoms with Crippen LogP contribution >= 0.6 is 0 Å². The van der Waals surface area contributed by atoms with Crippen LogP contribution in [0.5, 0.6) is 11.6 Å². The maximum Gasteiger partial charge on any atom is 0.257 e. The SMILES string of the molecule is COc1ccccc1-c1nc(O)cc(=O)n1Cc1ccccc1. The Hall–Kier alpha value is -3.08. The molecule has 0 aliphatic heterocycles. The molecule has 116 valence electrons. The third-order valence-electron chi connectivity index (χ3n) is 3.53. The fourth-order valence-electron chi connectivity index (χ4n) is 2.45. The van der Waals surface area contributed by atoms with Gasteiger partial charge in [0, 0.05) is 0 Å². The van der Waals surface area contributed by atoms with Crippen molar-refractivity contribution >= 4 is 0 Å². The Labute approximate surface area is 133 Å². The zero-order valence-electron chi connectivity index (χ0n) is 12.6. The third kappa shape index (κ3) is 3.08. The number of hydrogen-bond acceptors (Lipinski definition) is 4. The van der Waals surface area contributed by atoms with Gasteiger partial charge in [0.05, 0.1) is 25.3 Å². The minimum atomic E-state index is -0.317.